The van der Waals surface area contributed by atoms with Crippen LogP contribution in [0, 0.1) is 21.4 Å². The van der Waals surface area contributed by atoms with Crippen LogP contribution >= 0.6 is 11.6 Å². The first kappa shape index (κ1) is 13.6. The lowest BCUT2D eigenvalue weighted by atomic mass is 10.2. The summed E-state index contributed by atoms with van der Waals surface area (Å²) in [6.07, 6.45) is 0. The molecule has 0 saturated heterocycles. The van der Waals surface area contributed by atoms with Gasteiger partial charge in [0.15, 0.2) is 0 Å². The molecule has 100 valence electrons. The van der Waals surface area contributed by atoms with Gasteiger partial charge < -0.3 is 11.1 Å². The highest BCUT2D eigenvalue weighted by molar-refractivity contribution is 6.33. The molecule has 0 heterocycles. The summed E-state index contributed by atoms with van der Waals surface area (Å²) in [5.74, 6) is 0. The number of hydrogen-bond donors (Lipinski definition) is 2. The van der Waals surface area contributed by atoms with Gasteiger partial charge in [-0.15, -0.1) is 0 Å². The van der Waals surface area contributed by atoms with Crippen LogP contribution in [0.2, 0.25) is 5.02 Å². The lowest BCUT2D eigenvalue weighted by Gasteiger charge is -2.10. The highest BCUT2D eigenvalue weighted by Crippen LogP contribution is 2.34. The summed E-state index contributed by atoms with van der Waals surface area (Å²) in [5.41, 5.74) is 6.55. The third-order valence-corrected chi connectivity index (χ3v) is 2.93. The molecule has 0 radical (unpaired) electrons. The zero-order valence-electron chi connectivity index (χ0n) is 10.1. The second-order valence-electron chi connectivity index (χ2n) is 3.93. The van der Waals surface area contributed by atoms with Gasteiger partial charge in [0.05, 0.1) is 27.3 Å². The van der Waals surface area contributed by atoms with E-state index in [0.717, 1.165) is 0 Å². The summed E-state index contributed by atoms with van der Waals surface area (Å²) >= 11 is 6.02. The Labute approximate surface area is 119 Å². The van der Waals surface area contributed by atoms with Gasteiger partial charge in [-0.1, -0.05) is 17.7 Å². The number of nitrogen functional groups attached to an aromatic ring is 1. The summed E-state index contributed by atoms with van der Waals surface area (Å²) in [5, 5.41) is 22.9. The quantitative estimate of drug-likeness (QED) is 0.511. The zero-order valence-corrected chi connectivity index (χ0v) is 10.9. The Morgan fingerprint density at radius 3 is 2.65 bits per heavy atom. The number of halogens is 1. The van der Waals surface area contributed by atoms with E-state index >= 15 is 0 Å². The lowest BCUT2D eigenvalue weighted by Crippen LogP contribution is -2.01. The van der Waals surface area contributed by atoms with Gasteiger partial charge >= 0.3 is 5.69 Å². The molecule has 2 aromatic rings. The van der Waals surface area contributed by atoms with Crippen LogP contribution in [0.4, 0.5) is 22.7 Å². The number of nitrogens with two attached hydrogens (primary N) is 1. The first-order valence-corrected chi connectivity index (χ1v) is 5.90. The van der Waals surface area contributed by atoms with Crippen LogP contribution in [0.15, 0.2) is 36.4 Å². The molecule has 0 aliphatic heterocycles. The smallest absolute Gasteiger partial charge is 0.315 e. The summed E-state index contributed by atoms with van der Waals surface area (Å²) in [6.45, 7) is 0. The molecule has 3 N–H and O–H groups in total. The molecular weight excluding hydrogens is 280 g/mol. The number of rotatable bonds is 3. The van der Waals surface area contributed by atoms with E-state index in [1.54, 1.807) is 18.2 Å². The number of benzene rings is 2. The predicted octanol–water partition coefficient (Wildman–Crippen LogP) is 3.45. The first-order chi connectivity index (χ1) is 9.52. The summed E-state index contributed by atoms with van der Waals surface area (Å²) in [7, 11) is 0. The Kier molecular flexibility index (Phi) is 3.73. The van der Waals surface area contributed by atoms with Crippen LogP contribution in [-0.2, 0) is 0 Å². The minimum Gasteiger partial charge on any atom is -0.393 e. The van der Waals surface area contributed by atoms with Crippen LogP contribution in [0.3, 0.4) is 0 Å². The van der Waals surface area contributed by atoms with Crippen molar-refractivity contribution in [3.63, 3.8) is 0 Å². The molecule has 0 spiro atoms. The maximum absolute atomic E-state index is 11.0. The standard InChI is InChI=1S/C13H9ClN4O2/c14-9-6-8(7-15)4-5-11(9)17-12-3-1-2-10(16)13(12)18(19)20/h1-6,17H,16H2. The molecule has 2 aromatic carbocycles. The number of nitro groups is 1. The van der Waals surface area contributed by atoms with Crippen LogP contribution in [0.1, 0.15) is 5.56 Å². The van der Waals surface area contributed by atoms with Crippen molar-refractivity contribution in [3.8, 4) is 6.07 Å². The number of nitrogens with one attached hydrogen (secondary N) is 1. The van der Waals surface area contributed by atoms with Crippen molar-refractivity contribution in [2.45, 2.75) is 0 Å². The lowest BCUT2D eigenvalue weighted by molar-refractivity contribution is -0.383. The number of anilines is 3. The largest absolute Gasteiger partial charge is 0.393 e. The first-order valence-electron chi connectivity index (χ1n) is 5.52. The van der Waals surface area contributed by atoms with Gasteiger partial charge in [0.1, 0.15) is 11.4 Å². The van der Waals surface area contributed by atoms with Crippen molar-refractivity contribution in [1.29, 1.82) is 5.26 Å². The minimum atomic E-state index is -0.560. The molecule has 0 amide bonds. The van der Waals surface area contributed by atoms with Gasteiger partial charge in [-0.3, -0.25) is 10.1 Å². The van der Waals surface area contributed by atoms with Gasteiger partial charge in [0, 0.05) is 0 Å². The highest BCUT2D eigenvalue weighted by Gasteiger charge is 2.18. The zero-order chi connectivity index (χ0) is 14.7. The Balaban J connectivity index is 2.43. The molecule has 0 atom stereocenters. The Hall–Kier alpha value is -2.78. The fourth-order valence-corrected chi connectivity index (χ4v) is 1.92. The number of nitriles is 1. The van der Waals surface area contributed by atoms with E-state index in [4.69, 9.17) is 22.6 Å². The molecule has 0 fully saturated rings. The van der Waals surface area contributed by atoms with E-state index in [1.165, 1.54) is 18.2 Å². The Bertz CT molecular complexity index is 725. The molecule has 0 bridgehead atoms. The normalized spacial score (nSPS) is 9.80. The topological polar surface area (TPSA) is 105 Å². The van der Waals surface area contributed by atoms with Gasteiger partial charge in [-0.2, -0.15) is 5.26 Å². The SMILES string of the molecule is N#Cc1ccc(Nc2cccc(N)c2[N+](=O)[O-])c(Cl)c1. The third kappa shape index (κ3) is 2.63. The molecule has 7 heteroatoms. The number of nitro benzene ring substituents is 1. The van der Waals surface area contributed by atoms with Crippen LogP contribution < -0.4 is 11.1 Å². The third-order valence-electron chi connectivity index (χ3n) is 2.62. The van der Waals surface area contributed by atoms with E-state index in [-0.39, 0.29) is 17.1 Å². The van der Waals surface area contributed by atoms with E-state index in [0.29, 0.717) is 16.3 Å². The second-order valence-corrected chi connectivity index (χ2v) is 4.34. The second kappa shape index (κ2) is 5.47. The summed E-state index contributed by atoms with van der Waals surface area (Å²) < 4.78 is 0. The van der Waals surface area contributed by atoms with E-state index in [1.807, 2.05) is 6.07 Å². The monoisotopic (exact) mass is 288 g/mol. The number of nitrogens with zero attached hydrogens (tertiary/aromatic N) is 2. The number of para-hydroxylation sites is 1. The van der Waals surface area contributed by atoms with Crippen molar-refractivity contribution in [2.24, 2.45) is 0 Å². The average molecular weight is 289 g/mol. The van der Waals surface area contributed by atoms with Gasteiger partial charge in [0.25, 0.3) is 0 Å². The molecule has 0 saturated carbocycles. The molecule has 2 rings (SSSR count). The molecular formula is C13H9ClN4O2. The minimum absolute atomic E-state index is 0.0600. The maximum Gasteiger partial charge on any atom is 0.315 e. The van der Waals surface area contributed by atoms with Crippen molar-refractivity contribution in [1.82, 2.24) is 0 Å². The fraction of sp³-hybridized carbons (Fsp3) is 0. The molecule has 6 nitrogen and oxygen atoms in total. The van der Waals surface area contributed by atoms with Gasteiger partial charge in [-0.25, -0.2) is 0 Å². The Morgan fingerprint density at radius 2 is 2.05 bits per heavy atom. The van der Waals surface area contributed by atoms with Gasteiger partial charge in [0.2, 0.25) is 0 Å². The summed E-state index contributed by atoms with van der Waals surface area (Å²) in [6, 6.07) is 11.1. The van der Waals surface area contributed by atoms with Crippen LogP contribution in [0.25, 0.3) is 0 Å². The van der Waals surface area contributed by atoms with Crippen molar-refractivity contribution >= 4 is 34.4 Å². The Morgan fingerprint density at radius 1 is 1.30 bits per heavy atom. The van der Waals surface area contributed by atoms with E-state index in [9.17, 15) is 10.1 Å². The average Bonchev–Trinajstić information content (AvgIpc) is 2.40. The van der Waals surface area contributed by atoms with Gasteiger partial charge in [-0.05, 0) is 30.3 Å². The van der Waals surface area contributed by atoms with Crippen molar-refractivity contribution in [2.75, 3.05) is 11.1 Å². The van der Waals surface area contributed by atoms with Crippen molar-refractivity contribution in [3.05, 3.63) is 57.1 Å². The summed E-state index contributed by atoms with van der Waals surface area (Å²) in [4.78, 5) is 10.5. The van der Waals surface area contributed by atoms with Crippen molar-refractivity contribution < 1.29 is 4.92 Å². The molecule has 20 heavy (non-hydrogen) atoms. The fourth-order valence-electron chi connectivity index (χ4n) is 1.70. The van der Waals surface area contributed by atoms with E-state index in [2.05, 4.69) is 5.32 Å². The van der Waals surface area contributed by atoms with Crippen LogP contribution in [-0.4, -0.2) is 4.92 Å². The molecule has 0 aliphatic rings. The predicted molar refractivity (Wildman–Crippen MR) is 77.0 cm³/mol. The highest BCUT2D eigenvalue weighted by atomic mass is 35.5. The molecule has 0 aromatic heterocycles. The molecule has 0 aliphatic carbocycles. The molecule has 0 unspecified atom stereocenters. The maximum atomic E-state index is 11.0. The van der Waals surface area contributed by atoms with E-state index < -0.39 is 4.92 Å². The van der Waals surface area contributed by atoms with Crippen LogP contribution in [0.5, 0.6) is 0 Å². The number of hydrogen-bond acceptors (Lipinski definition) is 5.